The van der Waals surface area contributed by atoms with Crippen molar-refractivity contribution in [2.45, 2.75) is 26.0 Å². The smallest absolute Gasteiger partial charge is 0.253 e. The van der Waals surface area contributed by atoms with Crippen LogP contribution in [0.3, 0.4) is 0 Å². The normalized spacial score (nSPS) is 13.9. The van der Waals surface area contributed by atoms with Crippen LogP contribution in [-0.2, 0) is 22.8 Å². The fourth-order valence-corrected chi connectivity index (χ4v) is 2.92. The third-order valence-electron chi connectivity index (χ3n) is 4.26. The van der Waals surface area contributed by atoms with Crippen LogP contribution in [0.1, 0.15) is 40.0 Å². The van der Waals surface area contributed by atoms with Crippen molar-refractivity contribution in [3.63, 3.8) is 0 Å². The number of amides is 1. The first-order valence-corrected chi connectivity index (χ1v) is 8.10. The van der Waals surface area contributed by atoms with Gasteiger partial charge in [-0.05, 0) is 36.1 Å². The highest BCUT2D eigenvalue weighted by molar-refractivity contribution is 6.00. The second kappa shape index (κ2) is 7.47. The second-order valence-corrected chi connectivity index (χ2v) is 5.88. The molecular weight excluding hydrogens is 304 g/mol. The van der Waals surface area contributed by atoms with Gasteiger partial charge in [0.2, 0.25) is 0 Å². The molecule has 1 aliphatic rings. The maximum atomic E-state index is 12.6. The molecule has 3 rings (SSSR count). The summed E-state index contributed by atoms with van der Waals surface area (Å²) in [5.41, 5.74) is 4.95. The van der Waals surface area contributed by atoms with E-state index in [1.807, 2.05) is 43.3 Å². The Balaban J connectivity index is 1.67. The zero-order valence-corrected chi connectivity index (χ0v) is 14.0. The van der Waals surface area contributed by atoms with E-state index in [-0.39, 0.29) is 11.9 Å². The average molecular weight is 326 g/mol. The van der Waals surface area contributed by atoms with Crippen molar-refractivity contribution >= 4 is 11.6 Å². The third kappa shape index (κ3) is 3.58. The van der Waals surface area contributed by atoms with Gasteiger partial charge >= 0.3 is 0 Å². The molecule has 1 heterocycles. The fourth-order valence-electron chi connectivity index (χ4n) is 2.92. The van der Waals surface area contributed by atoms with Gasteiger partial charge in [0.05, 0.1) is 24.4 Å². The number of anilines is 1. The van der Waals surface area contributed by atoms with E-state index in [0.29, 0.717) is 12.2 Å². The first kappa shape index (κ1) is 16.5. The molecule has 0 radical (unpaired) electrons. The number of rotatable bonds is 6. The Morgan fingerprint density at radius 1 is 1.25 bits per heavy atom. The molecule has 0 fully saturated rings. The number of para-hydroxylation sites is 1. The number of fused-ring (bicyclic) bond motifs is 1. The molecule has 1 atom stereocenters. The molecule has 1 amide bonds. The summed E-state index contributed by atoms with van der Waals surface area (Å²) < 4.78 is 0. The summed E-state index contributed by atoms with van der Waals surface area (Å²) in [6.07, 6.45) is 0.969. The van der Waals surface area contributed by atoms with Crippen LogP contribution in [0.4, 0.5) is 5.69 Å². The van der Waals surface area contributed by atoms with E-state index < -0.39 is 0 Å². The lowest BCUT2D eigenvalue weighted by atomic mass is 10.0. The Morgan fingerprint density at radius 3 is 2.79 bits per heavy atom. The highest BCUT2D eigenvalue weighted by Crippen LogP contribution is 2.27. The summed E-state index contributed by atoms with van der Waals surface area (Å²) in [6.45, 7) is 3.27. The van der Waals surface area contributed by atoms with Crippen molar-refractivity contribution in [2.24, 2.45) is 0 Å². The van der Waals surface area contributed by atoms with E-state index in [9.17, 15) is 4.79 Å². The molecule has 1 unspecified atom stereocenters. The van der Waals surface area contributed by atoms with Gasteiger partial charge in [0.15, 0.2) is 0 Å². The van der Waals surface area contributed by atoms with Crippen LogP contribution in [-0.4, -0.2) is 19.6 Å². The molecular formula is C19H22N2O3. The first-order valence-electron chi connectivity index (χ1n) is 8.10. The third-order valence-corrected chi connectivity index (χ3v) is 4.26. The highest BCUT2D eigenvalue weighted by atomic mass is 17.2. The van der Waals surface area contributed by atoms with Crippen molar-refractivity contribution in [2.75, 3.05) is 19.0 Å². The van der Waals surface area contributed by atoms with Gasteiger partial charge in [-0.1, -0.05) is 36.4 Å². The number of nitrogens with one attached hydrogen (secondary N) is 2. The van der Waals surface area contributed by atoms with Gasteiger partial charge in [-0.3, -0.25) is 4.79 Å². The Labute approximate surface area is 141 Å². The average Bonchev–Trinajstić information content (AvgIpc) is 3.08. The SMILES string of the molecule is COOCc1ccc(C(C)NC(=O)c2cccc3c2NCC3)cc1. The molecule has 0 saturated carbocycles. The zero-order chi connectivity index (χ0) is 16.9. The number of benzene rings is 2. The van der Waals surface area contributed by atoms with Crippen molar-refractivity contribution in [1.29, 1.82) is 0 Å². The van der Waals surface area contributed by atoms with Crippen molar-refractivity contribution in [3.05, 3.63) is 64.7 Å². The van der Waals surface area contributed by atoms with Crippen LogP contribution in [0.2, 0.25) is 0 Å². The predicted molar refractivity (Wildman–Crippen MR) is 92.8 cm³/mol. The number of hydrogen-bond donors (Lipinski definition) is 2. The molecule has 0 saturated heterocycles. The Bertz CT molecular complexity index is 713. The molecule has 126 valence electrons. The Morgan fingerprint density at radius 2 is 2.04 bits per heavy atom. The summed E-state index contributed by atoms with van der Waals surface area (Å²) in [6, 6.07) is 13.7. The van der Waals surface area contributed by atoms with Crippen molar-refractivity contribution in [1.82, 2.24) is 5.32 Å². The van der Waals surface area contributed by atoms with E-state index in [4.69, 9.17) is 4.89 Å². The minimum atomic E-state index is -0.0767. The molecule has 1 aliphatic heterocycles. The Kier molecular flexibility index (Phi) is 5.13. The standard InChI is InChI=1S/C19H22N2O3/c1-13(15-8-6-14(7-9-15)12-24-23-2)21-19(22)17-5-3-4-16-10-11-20-18(16)17/h3-9,13,20H,10-12H2,1-2H3,(H,21,22). The van der Waals surface area contributed by atoms with Crippen LogP contribution < -0.4 is 10.6 Å². The van der Waals surface area contributed by atoms with E-state index in [1.54, 1.807) is 0 Å². The molecule has 0 aliphatic carbocycles. The van der Waals surface area contributed by atoms with Gasteiger partial charge in [0.1, 0.15) is 6.61 Å². The summed E-state index contributed by atoms with van der Waals surface area (Å²) in [5.74, 6) is -0.0551. The Hall–Kier alpha value is -2.37. The lowest BCUT2D eigenvalue weighted by Crippen LogP contribution is -2.27. The van der Waals surface area contributed by atoms with E-state index in [0.717, 1.165) is 29.8 Å². The number of carbonyl (C=O) groups is 1. The largest absolute Gasteiger partial charge is 0.384 e. The molecule has 2 aromatic rings. The van der Waals surface area contributed by atoms with Gasteiger partial charge < -0.3 is 10.6 Å². The maximum Gasteiger partial charge on any atom is 0.253 e. The molecule has 0 bridgehead atoms. The highest BCUT2D eigenvalue weighted by Gasteiger charge is 2.19. The monoisotopic (exact) mass is 326 g/mol. The number of carbonyl (C=O) groups excluding carboxylic acids is 1. The molecule has 2 N–H and O–H groups in total. The van der Waals surface area contributed by atoms with Gasteiger partial charge in [0.25, 0.3) is 5.91 Å². The topological polar surface area (TPSA) is 59.6 Å². The molecule has 5 nitrogen and oxygen atoms in total. The summed E-state index contributed by atoms with van der Waals surface area (Å²) in [7, 11) is 1.49. The molecule has 5 heteroatoms. The molecule has 2 aromatic carbocycles. The van der Waals surface area contributed by atoms with Crippen LogP contribution in [0.15, 0.2) is 42.5 Å². The number of hydrogen-bond acceptors (Lipinski definition) is 4. The fraction of sp³-hybridized carbons (Fsp3) is 0.316. The second-order valence-electron chi connectivity index (χ2n) is 5.88. The van der Waals surface area contributed by atoms with Crippen LogP contribution in [0.25, 0.3) is 0 Å². The van der Waals surface area contributed by atoms with Gasteiger partial charge in [-0.15, -0.1) is 0 Å². The molecule has 0 spiro atoms. The van der Waals surface area contributed by atoms with E-state index >= 15 is 0 Å². The summed E-state index contributed by atoms with van der Waals surface area (Å²) in [4.78, 5) is 22.1. The van der Waals surface area contributed by atoms with E-state index in [1.165, 1.54) is 12.7 Å². The summed E-state index contributed by atoms with van der Waals surface area (Å²) >= 11 is 0. The van der Waals surface area contributed by atoms with Crippen LogP contribution in [0.5, 0.6) is 0 Å². The summed E-state index contributed by atoms with van der Waals surface area (Å²) in [5, 5.41) is 6.37. The first-order chi connectivity index (χ1) is 11.7. The lowest BCUT2D eigenvalue weighted by Gasteiger charge is -2.16. The van der Waals surface area contributed by atoms with Crippen LogP contribution in [0, 0.1) is 0 Å². The predicted octanol–water partition coefficient (Wildman–Crippen LogP) is 3.22. The van der Waals surface area contributed by atoms with E-state index in [2.05, 4.69) is 21.6 Å². The quantitative estimate of drug-likeness (QED) is 0.632. The maximum absolute atomic E-state index is 12.6. The molecule has 0 aromatic heterocycles. The minimum absolute atomic E-state index is 0.0551. The van der Waals surface area contributed by atoms with Gasteiger partial charge in [-0.2, -0.15) is 0 Å². The van der Waals surface area contributed by atoms with Crippen LogP contribution >= 0.6 is 0 Å². The van der Waals surface area contributed by atoms with Gasteiger partial charge in [0, 0.05) is 6.54 Å². The molecule has 24 heavy (non-hydrogen) atoms. The minimum Gasteiger partial charge on any atom is -0.384 e. The van der Waals surface area contributed by atoms with Crippen molar-refractivity contribution < 1.29 is 14.6 Å². The van der Waals surface area contributed by atoms with Crippen molar-refractivity contribution in [3.8, 4) is 0 Å². The lowest BCUT2D eigenvalue weighted by molar-refractivity contribution is -0.282. The van der Waals surface area contributed by atoms with Gasteiger partial charge in [-0.25, -0.2) is 9.78 Å². The zero-order valence-electron chi connectivity index (χ0n) is 14.0.